The van der Waals surface area contributed by atoms with Gasteiger partial charge in [-0.25, -0.2) is 4.98 Å². The monoisotopic (exact) mass is 393 g/mol. The van der Waals surface area contributed by atoms with Gasteiger partial charge >= 0.3 is 0 Å². The zero-order chi connectivity index (χ0) is 20.2. The molecule has 150 valence electrons. The molecular weight excluding hydrogens is 370 g/mol. The molecule has 0 radical (unpaired) electrons. The van der Waals surface area contributed by atoms with Crippen molar-refractivity contribution in [1.82, 2.24) is 34.7 Å². The van der Waals surface area contributed by atoms with Crippen LogP contribution in [-0.4, -0.2) is 48.9 Å². The van der Waals surface area contributed by atoms with Crippen molar-refractivity contribution in [3.63, 3.8) is 0 Å². The Hall–Kier alpha value is -3.49. The molecule has 0 spiro atoms. The van der Waals surface area contributed by atoms with E-state index in [1.807, 2.05) is 31.3 Å². The van der Waals surface area contributed by atoms with Gasteiger partial charge in [-0.2, -0.15) is 4.52 Å². The van der Waals surface area contributed by atoms with Crippen molar-refractivity contribution in [2.75, 3.05) is 13.7 Å². The maximum atomic E-state index is 12.2. The number of nitrogens with zero attached hydrogens (tertiary/aromatic N) is 6. The molecular formula is C20H23N7O2. The number of hydrogen-bond donors (Lipinski definition) is 1. The molecule has 0 unspecified atom stereocenters. The fourth-order valence-corrected chi connectivity index (χ4v) is 3.31. The van der Waals surface area contributed by atoms with E-state index >= 15 is 0 Å². The quantitative estimate of drug-likeness (QED) is 0.489. The molecule has 9 nitrogen and oxygen atoms in total. The van der Waals surface area contributed by atoms with E-state index in [1.54, 1.807) is 23.8 Å². The van der Waals surface area contributed by atoms with Gasteiger partial charge in [0.2, 0.25) is 11.8 Å². The summed E-state index contributed by atoms with van der Waals surface area (Å²) in [6.07, 6.45) is 2.38. The van der Waals surface area contributed by atoms with Crippen LogP contribution in [0, 0.1) is 0 Å². The van der Waals surface area contributed by atoms with Crippen molar-refractivity contribution in [2.24, 2.45) is 7.05 Å². The predicted molar refractivity (Wildman–Crippen MR) is 108 cm³/mol. The van der Waals surface area contributed by atoms with E-state index in [1.165, 1.54) is 0 Å². The minimum atomic E-state index is 0.0168. The third kappa shape index (κ3) is 4.03. The number of aromatic nitrogens is 6. The minimum Gasteiger partial charge on any atom is -0.480 e. The van der Waals surface area contributed by atoms with E-state index in [0.29, 0.717) is 49.6 Å². The third-order valence-electron chi connectivity index (χ3n) is 4.87. The van der Waals surface area contributed by atoms with Crippen LogP contribution in [0.4, 0.5) is 0 Å². The summed E-state index contributed by atoms with van der Waals surface area (Å²) >= 11 is 0. The lowest BCUT2D eigenvalue weighted by Gasteiger charge is -2.06. The molecule has 0 atom stereocenters. The molecule has 1 amide bonds. The average molecular weight is 393 g/mol. The number of aryl methyl sites for hydroxylation is 2. The summed E-state index contributed by atoms with van der Waals surface area (Å²) in [6.45, 7) is 0.558. The molecule has 0 aliphatic heterocycles. The number of benzene rings is 1. The SMILES string of the molecule is COc1ccc2nnc(CCCC(=O)NCCc3nc4ccccc4n3C)n2n1. The van der Waals surface area contributed by atoms with Crippen LogP contribution in [0.25, 0.3) is 16.7 Å². The Labute approximate surface area is 167 Å². The van der Waals surface area contributed by atoms with Gasteiger partial charge in [0.25, 0.3) is 0 Å². The number of carbonyl (C=O) groups is 1. The standard InChI is InChI=1S/C20H23N7O2/c1-26-15-7-4-3-6-14(15)22-16(26)12-13-21-19(28)9-5-8-17-23-24-18-10-11-20(29-2)25-27(17)18/h3-4,6-7,10-11H,5,8-9,12-13H2,1-2H3,(H,21,28). The third-order valence-corrected chi connectivity index (χ3v) is 4.87. The Morgan fingerprint density at radius 1 is 1.10 bits per heavy atom. The Balaban J connectivity index is 1.26. The van der Waals surface area contributed by atoms with E-state index in [-0.39, 0.29) is 5.91 Å². The highest BCUT2D eigenvalue weighted by molar-refractivity contribution is 5.76. The molecule has 0 fully saturated rings. The summed E-state index contributed by atoms with van der Waals surface area (Å²) in [4.78, 5) is 16.8. The Morgan fingerprint density at radius 3 is 2.79 bits per heavy atom. The number of imidazole rings is 1. The second-order valence-electron chi connectivity index (χ2n) is 6.79. The molecule has 1 aromatic carbocycles. The molecule has 4 aromatic rings. The van der Waals surface area contributed by atoms with Crippen molar-refractivity contribution in [3.8, 4) is 5.88 Å². The number of rotatable bonds is 8. The molecule has 3 aromatic heterocycles. The lowest BCUT2D eigenvalue weighted by molar-refractivity contribution is -0.121. The second-order valence-corrected chi connectivity index (χ2v) is 6.79. The van der Waals surface area contributed by atoms with Crippen LogP contribution in [0.5, 0.6) is 5.88 Å². The first-order valence-corrected chi connectivity index (χ1v) is 9.58. The fourth-order valence-electron chi connectivity index (χ4n) is 3.31. The zero-order valence-electron chi connectivity index (χ0n) is 16.5. The molecule has 0 aliphatic carbocycles. The van der Waals surface area contributed by atoms with Crippen LogP contribution in [-0.2, 0) is 24.7 Å². The van der Waals surface area contributed by atoms with Crippen LogP contribution in [0.15, 0.2) is 36.4 Å². The topological polar surface area (TPSA) is 99.2 Å². The van der Waals surface area contributed by atoms with Crippen molar-refractivity contribution < 1.29 is 9.53 Å². The Kier molecular flexibility index (Phi) is 5.37. The average Bonchev–Trinajstić information content (AvgIpc) is 3.29. The molecule has 0 saturated heterocycles. The van der Waals surface area contributed by atoms with Crippen LogP contribution in [0.3, 0.4) is 0 Å². The smallest absolute Gasteiger partial charge is 0.231 e. The summed E-state index contributed by atoms with van der Waals surface area (Å²) < 4.78 is 8.86. The number of para-hydroxylation sites is 2. The Morgan fingerprint density at radius 2 is 1.97 bits per heavy atom. The van der Waals surface area contributed by atoms with Crippen molar-refractivity contribution >= 4 is 22.6 Å². The summed E-state index contributed by atoms with van der Waals surface area (Å²) in [7, 11) is 3.56. The van der Waals surface area contributed by atoms with Gasteiger partial charge in [0.05, 0.1) is 18.1 Å². The number of ether oxygens (including phenoxy) is 1. The van der Waals surface area contributed by atoms with Gasteiger partial charge in [0.15, 0.2) is 11.5 Å². The summed E-state index contributed by atoms with van der Waals surface area (Å²) in [5.74, 6) is 2.19. The number of carbonyl (C=O) groups excluding carboxylic acids is 1. The predicted octanol–water partition coefficient (Wildman–Crippen LogP) is 1.70. The first kappa shape index (κ1) is 18.9. The molecule has 3 heterocycles. The number of hydrogen-bond acceptors (Lipinski definition) is 6. The first-order chi connectivity index (χ1) is 14.2. The number of methoxy groups -OCH3 is 1. The van der Waals surface area contributed by atoms with Gasteiger partial charge < -0.3 is 14.6 Å². The molecule has 0 saturated carbocycles. The van der Waals surface area contributed by atoms with E-state index in [4.69, 9.17) is 4.74 Å². The summed E-state index contributed by atoms with van der Waals surface area (Å²) in [6, 6.07) is 11.6. The summed E-state index contributed by atoms with van der Waals surface area (Å²) in [5.41, 5.74) is 2.73. The highest BCUT2D eigenvalue weighted by atomic mass is 16.5. The van der Waals surface area contributed by atoms with Gasteiger partial charge in [0, 0.05) is 38.9 Å². The maximum Gasteiger partial charge on any atom is 0.231 e. The largest absolute Gasteiger partial charge is 0.480 e. The van der Waals surface area contributed by atoms with E-state index < -0.39 is 0 Å². The van der Waals surface area contributed by atoms with Gasteiger partial charge in [-0.3, -0.25) is 4.79 Å². The molecule has 9 heteroatoms. The lowest BCUT2D eigenvalue weighted by atomic mass is 10.2. The molecule has 29 heavy (non-hydrogen) atoms. The van der Waals surface area contributed by atoms with Gasteiger partial charge in [-0.15, -0.1) is 15.3 Å². The highest BCUT2D eigenvalue weighted by Crippen LogP contribution is 2.14. The van der Waals surface area contributed by atoms with Gasteiger partial charge in [0.1, 0.15) is 5.82 Å². The minimum absolute atomic E-state index is 0.0168. The molecule has 4 rings (SSSR count). The van der Waals surface area contributed by atoms with Crippen LogP contribution < -0.4 is 10.1 Å². The first-order valence-electron chi connectivity index (χ1n) is 9.58. The van der Waals surface area contributed by atoms with Crippen LogP contribution >= 0.6 is 0 Å². The zero-order valence-corrected chi connectivity index (χ0v) is 16.5. The van der Waals surface area contributed by atoms with Crippen molar-refractivity contribution in [2.45, 2.75) is 25.7 Å². The van der Waals surface area contributed by atoms with Gasteiger partial charge in [-0.1, -0.05) is 12.1 Å². The molecule has 0 aliphatic rings. The molecule has 0 bridgehead atoms. The number of nitrogens with one attached hydrogen (secondary N) is 1. The van der Waals surface area contributed by atoms with Gasteiger partial charge in [-0.05, 0) is 24.6 Å². The lowest BCUT2D eigenvalue weighted by Crippen LogP contribution is -2.26. The maximum absolute atomic E-state index is 12.2. The molecule has 1 N–H and O–H groups in total. The summed E-state index contributed by atoms with van der Waals surface area (Å²) in [5, 5.41) is 15.5. The fraction of sp³-hybridized carbons (Fsp3) is 0.350. The number of fused-ring (bicyclic) bond motifs is 2. The Bertz CT molecular complexity index is 1150. The van der Waals surface area contributed by atoms with Crippen molar-refractivity contribution in [1.29, 1.82) is 0 Å². The van der Waals surface area contributed by atoms with Crippen LogP contribution in [0.2, 0.25) is 0 Å². The normalized spacial score (nSPS) is 11.2. The highest BCUT2D eigenvalue weighted by Gasteiger charge is 2.10. The second kappa shape index (κ2) is 8.26. The van der Waals surface area contributed by atoms with E-state index in [2.05, 4.69) is 30.2 Å². The number of amides is 1. The van der Waals surface area contributed by atoms with E-state index in [9.17, 15) is 4.79 Å². The van der Waals surface area contributed by atoms with E-state index in [0.717, 1.165) is 16.9 Å². The van der Waals surface area contributed by atoms with Crippen LogP contribution in [0.1, 0.15) is 24.5 Å². The van der Waals surface area contributed by atoms with Crippen molar-refractivity contribution in [3.05, 3.63) is 48.0 Å².